The summed E-state index contributed by atoms with van der Waals surface area (Å²) >= 11 is 0. The number of para-hydroxylation sites is 1. The van der Waals surface area contributed by atoms with Gasteiger partial charge >= 0.3 is 0 Å². The average Bonchev–Trinajstić information content (AvgIpc) is 2.77. The van der Waals surface area contributed by atoms with E-state index in [2.05, 4.69) is 71.2 Å². The van der Waals surface area contributed by atoms with Crippen LogP contribution in [0.25, 0.3) is 22.0 Å². The third kappa shape index (κ3) is 2.25. The second-order valence-electron chi connectivity index (χ2n) is 5.27. The van der Waals surface area contributed by atoms with Gasteiger partial charge in [-0.25, -0.2) is 9.97 Å². The standard InChI is InChI=1S/C16H18N4/c1-11(2)19-16-17-8-12(9-18-16)14-10-20(3)15-7-5-4-6-13(14)15/h4-11H,1-3H3,(H,17,18,19). The van der Waals surface area contributed by atoms with E-state index >= 15 is 0 Å². The number of nitrogens with one attached hydrogen (secondary N) is 1. The van der Waals surface area contributed by atoms with Gasteiger partial charge in [-0.15, -0.1) is 0 Å². The van der Waals surface area contributed by atoms with Crippen LogP contribution >= 0.6 is 0 Å². The molecular formula is C16H18N4. The zero-order chi connectivity index (χ0) is 14.1. The van der Waals surface area contributed by atoms with E-state index in [1.807, 2.05) is 12.4 Å². The van der Waals surface area contributed by atoms with Gasteiger partial charge in [-0.05, 0) is 19.9 Å². The molecule has 102 valence electrons. The highest BCUT2D eigenvalue weighted by atomic mass is 15.1. The third-order valence-electron chi connectivity index (χ3n) is 3.28. The largest absolute Gasteiger partial charge is 0.352 e. The van der Waals surface area contributed by atoms with E-state index in [-0.39, 0.29) is 0 Å². The number of aromatic nitrogens is 3. The van der Waals surface area contributed by atoms with E-state index in [0.29, 0.717) is 12.0 Å². The number of hydrogen-bond donors (Lipinski definition) is 1. The first-order chi connectivity index (χ1) is 9.65. The Morgan fingerprint density at radius 1 is 1.10 bits per heavy atom. The molecule has 0 unspecified atom stereocenters. The number of hydrogen-bond acceptors (Lipinski definition) is 3. The Morgan fingerprint density at radius 3 is 2.50 bits per heavy atom. The Balaban J connectivity index is 2.03. The monoisotopic (exact) mass is 266 g/mol. The van der Waals surface area contributed by atoms with Crippen molar-refractivity contribution >= 4 is 16.9 Å². The van der Waals surface area contributed by atoms with Crippen molar-refractivity contribution in [2.75, 3.05) is 5.32 Å². The van der Waals surface area contributed by atoms with Crippen molar-refractivity contribution in [1.82, 2.24) is 14.5 Å². The fraction of sp³-hybridized carbons (Fsp3) is 0.250. The number of rotatable bonds is 3. The maximum Gasteiger partial charge on any atom is 0.222 e. The van der Waals surface area contributed by atoms with E-state index in [9.17, 15) is 0 Å². The first-order valence-electron chi connectivity index (χ1n) is 6.78. The molecule has 0 spiro atoms. The second-order valence-corrected chi connectivity index (χ2v) is 5.27. The summed E-state index contributed by atoms with van der Waals surface area (Å²) in [5.41, 5.74) is 3.42. The molecule has 0 atom stereocenters. The van der Waals surface area contributed by atoms with Crippen LogP contribution in [0.1, 0.15) is 13.8 Å². The average molecular weight is 266 g/mol. The molecule has 0 saturated carbocycles. The highest BCUT2D eigenvalue weighted by Crippen LogP contribution is 2.29. The fourth-order valence-corrected chi connectivity index (χ4v) is 2.37. The first-order valence-corrected chi connectivity index (χ1v) is 6.78. The van der Waals surface area contributed by atoms with Gasteiger partial charge in [0.1, 0.15) is 0 Å². The Labute approximate surface area is 118 Å². The van der Waals surface area contributed by atoms with Crippen LogP contribution in [0.15, 0.2) is 42.9 Å². The molecule has 0 radical (unpaired) electrons. The number of anilines is 1. The predicted molar refractivity (Wildman–Crippen MR) is 82.7 cm³/mol. The molecule has 4 heteroatoms. The van der Waals surface area contributed by atoms with Crippen molar-refractivity contribution in [3.8, 4) is 11.1 Å². The summed E-state index contributed by atoms with van der Waals surface area (Å²) in [6, 6.07) is 8.69. The molecule has 0 bridgehead atoms. The van der Waals surface area contributed by atoms with E-state index in [1.165, 1.54) is 16.5 Å². The van der Waals surface area contributed by atoms with Crippen LogP contribution in [-0.4, -0.2) is 20.6 Å². The molecule has 1 aromatic carbocycles. The van der Waals surface area contributed by atoms with Crippen molar-refractivity contribution in [1.29, 1.82) is 0 Å². The summed E-state index contributed by atoms with van der Waals surface area (Å²) < 4.78 is 2.13. The molecule has 0 aliphatic carbocycles. The fourth-order valence-electron chi connectivity index (χ4n) is 2.37. The number of benzene rings is 1. The molecule has 0 aliphatic rings. The topological polar surface area (TPSA) is 42.7 Å². The molecule has 20 heavy (non-hydrogen) atoms. The lowest BCUT2D eigenvalue weighted by Crippen LogP contribution is -2.12. The second kappa shape index (κ2) is 4.96. The molecule has 0 aliphatic heterocycles. The zero-order valence-electron chi connectivity index (χ0n) is 12.0. The van der Waals surface area contributed by atoms with Crippen molar-refractivity contribution in [2.45, 2.75) is 19.9 Å². The van der Waals surface area contributed by atoms with Gasteiger partial charge in [-0.3, -0.25) is 0 Å². The molecule has 0 amide bonds. The van der Waals surface area contributed by atoms with E-state index in [1.54, 1.807) is 0 Å². The molecule has 1 N–H and O–H groups in total. The Kier molecular flexibility index (Phi) is 3.14. The van der Waals surface area contributed by atoms with Crippen molar-refractivity contribution < 1.29 is 0 Å². The SMILES string of the molecule is CC(C)Nc1ncc(-c2cn(C)c3ccccc23)cn1. The van der Waals surface area contributed by atoms with Crippen molar-refractivity contribution in [2.24, 2.45) is 7.05 Å². The van der Waals surface area contributed by atoms with Crippen LogP contribution in [0.3, 0.4) is 0 Å². The summed E-state index contributed by atoms with van der Waals surface area (Å²) in [6.45, 7) is 4.14. The van der Waals surface area contributed by atoms with Crippen LogP contribution in [0.2, 0.25) is 0 Å². The summed E-state index contributed by atoms with van der Waals surface area (Å²) in [4.78, 5) is 8.76. The van der Waals surface area contributed by atoms with Crippen LogP contribution in [0.4, 0.5) is 5.95 Å². The zero-order valence-corrected chi connectivity index (χ0v) is 12.0. The van der Waals surface area contributed by atoms with Crippen molar-refractivity contribution in [3.63, 3.8) is 0 Å². The van der Waals surface area contributed by atoms with E-state index < -0.39 is 0 Å². The summed E-state index contributed by atoms with van der Waals surface area (Å²) in [6.07, 6.45) is 5.87. The number of fused-ring (bicyclic) bond motifs is 1. The highest BCUT2D eigenvalue weighted by Gasteiger charge is 2.09. The van der Waals surface area contributed by atoms with Gasteiger partial charge in [0.2, 0.25) is 5.95 Å². The smallest absolute Gasteiger partial charge is 0.222 e. The van der Waals surface area contributed by atoms with Gasteiger partial charge < -0.3 is 9.88 Å². The maximum atomic E-state index is 4.38. The molecule has 3 aromatic rings. The Bertz CT molecular complexity index is 726. The Morgan fingerprint density at radius 2 is 1.80 bits per heavy atom. The van der Waals surface area contributed by atoms with Gasteiger partial charge in [-0.1, -0.05) is 18.2 Å². The van der Waals surface area contributed by atoms with Crippen LogP contribution < -0.4 is 5.32 Å². The summed E-state index contributed by atoms with van der Waals surface area (Å²) in [5.74, 6) is 0.670. The lowest BCUT2D eigenvalue weighted by atomic mass is 10.1. The van der Waals surface area contributed by atoms with Crippen LogP contribution in [0.5, 0.6) is 0 Å². The summed E-state index contributed by atoms with van der Waals surface area (Å²) in [7, 11) is 2.06. The van der Waals surface area contributed by atoms with Crippen LogP contribution in [-0.2, 0) is 7.05 Å². The maximum absolute atomic E-state index is 4.38. The third-order valence-corrected chi connectivity index (χ3v) is 3.28. The minimum absolute atomic E-state index is 0.332. The molecule has 0 fully saturated rings. The molecular weight excluding hydrogens is 248 g/mol. The molecule has 2 heterocycles. The van der Waals surface area contributed by atoms with Crippen molar-refractivity contribution in [3.05, 3.63) is 42.9 Å². The minimum Gasteiger partial charge on any atom is -0.352 e. The highest BCUT2D eigenvalue weighted by molar-refractivity contribution is 5.95. The van der Waals surface area contributed by atoms with Gasteiger partial charge in [0, 0.05) is 53.7 Å². The van der Waals surface area contributed by atoms with E-state index in [0.717, 1.165) is 5.56 Å². The van der Waals surface area contributed by atoms with Gasteiger partial charge in [-0.2, -0.15) is 0 Å². The molecule has 2 aromatic heterocycles. The lowest BCUT2D eigenvalue weighted by molar-refractivity contribution is 0.874. The first kappa shape index (κ1) is 12.7. The quantitative estimate of drug-likeness (QED) is 0.789. The van der Waals surface area contributed by atoms with Gasteiger partial charge in [0.05, 0.1) is 0 Å². The summed E-state index contributed by atoms with van der Waals surface area (Å²) in [5, 5.41) is 4.42. The number of aryl methyl sites for hydroxylation is 1. The molecule has 0 saturated heterocycles. The van der Waals surface area contributed by atoms with E-state index in [4.69, 9.17) is 0 Å². The lowest BCUT2D eigenvalue weighted by Gasteiger charge is -2.07. The predicted octanol–water partition coefficient (Wildman–Crippen LogP) is 3.46. The number of nitrogens with zero attached hydrogens (tertiary/aromatic N) is 3. The molecule has 4 nitrogen and oxygen atoms in total. The normalized spacial score (nSPS) is 11.2. The molecule has 3 rings (SSSR count). The Hall–Kier alpha value is -2.36. The van der Waals surface area contributed by atoms with Crippen LogP contribution in [0, 0.1) is 0 Å². The van der Waals surface area contributed by atoms with Gasteiger partial charge in [0.25, 0.3) is 0 Å². The van der Waals surface area contributed by atoms with Gasteiger partial charge in [0.15, 0.2) is 0 Å². The minimum atomic E-state index is 0.332.